The van der Waals surface area contributed by atoms with E-state index < -0.39 is 36.2 Å². The van der Waals surface area contributed by atoms with Crippen LogP contribution in [-0.2, 0) is 35.1 Å². The molecule has 2 heterocycles. The normalized spacial score (nSPS) is 13.9. The summed E-state index contributed by atoms with van der Waals surface area (Å²) in [5, 5.41) is 2.93. The lowest BCUT2D eigenvalue weighted by Crippen LogP contribution is -2.38. The Bertz CT molecular complexity index is 1040. The van der Waals surface area contributed by atoms with Crippen molar-refractivity contribution < 1.29 is 33.4 Å². The molecule has 9 nitrogen and oxygen atoms in total. The van der Waals surface area contributed by atoms with Crippen LogP contribution in [0.3, 0.4) is 0 Å². The first-order valence-corrected chi connectivity index (χ1v) is 11.1. The molecule has 34 heavy (non-hydrogen) atoms. The van der Waals surface area contributed by atoms with E-state index in [-0.39, 0.29) is 24.4 Å². The van der Waals surface area contributed by atoms with Crippen LogP contribution in [0, 0.1) is 19.8 Å². The molecule has 1 aromatic heterocycles. The second-order valence-corrected chi connectivity index (χ2v) is 7.79. The number of nitrogens with one attached hydrogen (secondary N) is 1. The van der Waals surface area contributed by atoms with E-state index in [0.717, 1.165) is 11.4 Å². The van der Waals surface area contributed by atoms with Crippen molar-refractivity contribution in [3.8, 4) is 0 Å². The quantitative estimate of drug-likeness (QED) is 0.239. The zero-order valence-corrected chi connectivity index (χ0v) is 20.6. The number of carbonyl (C=O) groups excluding carboxylic acids is 4. The van der Waals surface area contributed by atoms with Crippen molar-refractivity contribution in [2.24, 2.45) is 5.92 Å². The molecule has 0 radical (unpaired) electrons. The number of Topliss-reactive ketones (excluding diaryl/α,β-unsaturated/α-hetero) is 1. The first-order valence-electron chi connectivity index (χ1n) is 11.1. The number of hydrogen-bond acceptors (Lipinski definition) is 8. The van der Waals surface area contributed by atoms with Gasteiger partial charge in [-0.25, -0.2) is 9.59 Å². The van der Waals surface area contributed by atoms with E-state index in [0.29, 0.717) is 23.5 Å². The molecule has 1 N–H and O–H groups in total. The highest BCUT2D eigenvalue weighted by Gasteiger charge is 2.42. The Balaban J connectivity index is 2.36. The number of nitrogens with zero attached hydrogens (tertiary/aromatic N) is 1. The van der Waals surface area contributed by atoms with E-state index in [1.807, 2.05) is 11.5 Å². The molecule has 0 saturated heterocycles. The summed E-state index contributed by atoms with van der Waals surface area (Å²) in [5.74, 6) is -4.23. The second kappa shape index (κ2) is 11.5. The number of esters is 3. The Morgan fingerprint density at radius 2 is 1.50 bits per heavy atom. The van der Waals surface area contributed by atoms with Gasteiger partial charge in [-0.1, -0.05) is 6.08 Å². The third kappa shape index (κ3) is 5.47. The fourth-order valence-corrected chi connectivity index (χ4v) is 3.98. The summed E-state index contributed by atoms with van der Waals surface area (Å²) < 4.78 is 17.5. The van der Waals surface area contributed by atoms with E-state index >= 15 is 0 Å². The maximum Gasteiger partial charge on any atom is 0.337 e. The fourth-order valence-electron chi connectivity index (χ4n) is 3.98. The summed E-state index contributed by atoms with van der Waals surface area (Å²) >= 11 is 0. The van der Waals surface area contributed by atoms with Gasteiger partial charge in [0.1, 0.15) is 5.92 Å². The van der Waals surface area contributed by atoms with Crippen LogP contribution >= 0.6 is 0 Å². The van der Waals surface area contributed by atoms with Crippen molar-refractivity contribution in [2.75, 3.05) is 19.8 Å². The number of hydrogen-bond donors (Lipinski definition) is 1. The zero-order valence-electron chi connectivity index (χ0n) is 20.6. The number of aryl methyl sites for hydroxylation is 1. The summed E-state index contributed by atoms with van der Waals surface area (Å²) in [7, 11) is 0. The molecule has 184 valence electrons. The predicted octanol–water partition coefficient (Wildman–Crippen LogP) is 2.91. The Kier molecular flexibility index (Phi) is 9.00. The largest absolute Gasteiger partial charge is 0.463 e. The van der Waals surface area contributed by atoms with Gasteiger partial charge in [0.2, 0.25) is 5.78 Å². The minimum Gasteiger partial charge on any atom is -0.463 e. The number of allylic oxidation sites excluding steroid dienone is 3. The van der Waals surface area contributed by atoms with Gasteiger partial charge in [-0.2, -0.15) is 0 Å². The average Bonchev–Trinajstić information content (AvgIpc) is 3.05. The Morgan fingerprint density at radius 3 is 1.97 bits per heavy atom. The number of ketones is 1. The Labute approximate surface area is 199 Å². The summed E-state index contributed by atoms with van der Waals surface area (Å²) in [6.45, 7) is 14.0. The van der Waals surface area contributed by atoms with Crippen LogP contribution in [0.5, 0.6) is 0 Å². The molecule has 0 aromatic carbocycles. The topological polar surface area (TPSA) is 113 Å². The smallest absolute Gasteiger partial charge is 0.337 e. The van der Waals surface area contributed by atoms with Crippen molar-refractivity contribution in [2.45, 2.75) is 48.1 Å². The van der Waals surface area contributed by atoms with Gasteiger partial charge in [-0.05, 0) is 47.6 Å². The van der Waals surface area contributed by atoms with E-state index in [1.165, 1.54) is 0 Å². The zero-order chi connectivity index (χ0) is 25.6. The molecule has 9 heteroatoms. The van der Waals surface area contributed by atoms with Crippen LogP contribution in [-0.4, -0.2) is 48.1 Å². The predicted molar refractivity (Wildman–Crippen MR) is 125 cm³/mol. The summed E-state index contributed by atoms with van der Waals surface area (Å²) in [4.78, 5) is 51.4. The summed E-state index contributed by atoms with van der Waals surface area (Å²) in [5.41, 5.74) is 2.61. The molecule has 0 saturated carbocycles. The SMILES string of the molecule is C=CCn1c(C)cc(C(=O)COC(=O)C2C(C(=O)OCC)=C(C)NC(C)=C2C(=O)OCC)c1C. The molecule has 2 rings (SSSR count). The number of carbonyl (C=O) groups is 4. The van der Waals surface area contributed by atoms with Gasteiger partial charge in [0, 0.05) is 34.9 Å². The highest BCUT2D eigenvalue weighted by molar-refractivity contribution is 6.06. The molecule has 1 aliphatic rings. The number of aromatic nitrogens is 1. The molecule has 0 fully saturated rings. The first-order chi connectivity index (χ1) is 16.1. The van der Waals surface area contributed by atoms with Gasteiger partial charge in [0.15, 0.2) is 6.61 Å². The van der Waals surface area contributed by atoms with Crippen LogP contribution in [0.4, 0.5) is 0 Å². The monoisotopic (exact) mass is 472 g/mol. The maximum atomic E-state index is 13.2. The molecular formula is C25H32N2O7. The minimum atomic E-state index is -1.39. The second-order valence-electron chi connectivity index (χ2n) is 7.79. The van der Waals surface area contributed by atoms with Crippen LogP contribution in [0.2, 0.25) is 0 Å². The lowest BCUT2D eigenvalue weighted by Gasteiger charge is -2.28. The third-order valence-electron chi connectivity index (χ3n) is 5.52. The van der Waals surface area contributed by atoms with E-state index in [9.17, 15) is 19.2 Å². The van der Waals surface area contributed by atoms with Crippen molar-refractivity contribution in [1.29, 1.82) is 0 Å². The van der Waals surface area contributed by atoms with Crippen molar-refractivity contribution in [1.82, 2.24) is 9.88 Å². The average molecular weight is 473 g/mol. The highest BCUT2D eigenvalue weighted by Crippen LogP contribution is 2.32. The molecule has 0 atom stereocenters. The van der Waals surface area contributed by atoms with E-state index in [4.69, 9.17) is 14.2 Å². The lowest BCUT2D eigenvalue weighted by atomic mass is 9.85. The molecule has 0 unspecified atom stereocenters. The van der Waals surface area contributed by atoms with Crippen LogP contribution in [0.1, 0.15) is 49.4 Å². The van der Waals surface area contributed by atoms with Gasteiger partial charge in [-0.3, -0.25) is 9.59 Å². The van der Waals surface area contributed by atoms with Crippen LogP contribution < -0.4 is 5.32 Å². The van der Waals surface area contributed by atoms with Crippen LogP contribution in [0.25, 0.3) is 0 Å². The highest BCUT2D eigenvalue weighted by atomic mass is 16.5. The van der Waals surface area contributed by atoms with Crippen LogP contribution in [0.15, 0.2) is 41.3 Å². The Morgan fingerprint density at radius 1 is 0.971 bits per heavy atom. The van der Waals surface area contributed by atoms with Gasteiger partial charge in [0.25, 0.3) is 0 Å². The van der Waals surface area contributed by atoms with Crippen molar-refractivity contribution in [3.05, 3.63) is 58.2 Å². The number of rotatable bonds is 10. The standard InChI is InChI=1S/C25H32N2O7/c1-8-11-27-14(4)12-18(17(27)7)19(28)13-34-25(31)22-20(23(29)32-9-2)15(5)26-16(6)21(22)24(30)33-10-3/h8,12,22,26H,1,9-11,13H2,2-7H3. The first kappa shape index (κ1) is 26.6. The molecule has 0 bridgehead atoms. The van der Waals surface area contributed by atoms with Gasteiger partial charge in [0.05, 0.1) is 24.4 Å². The fraction of sp³-hybridized carbons (Fsp3) is 0.440. The molecule has 0 amide bonds. The minimum absolute atomic E-state index is 0.0582. The van der Waals surface area contributed by atoms with Crippen molar-refractivity contribution in [3.63, 3.8) is 0 Å². The van der Waals surface area contributed by atoms with E-state index in [2.05, 4.69) is 11.9 Å². The summed E-state index contributed by atoms with van der Waals surface area (Å²) in [6.07, 6.45) is 1.72. The molecule has 0 spiro atoms. The van der Waals surface area contributed by atoms with E-state index in [1.54, 1.807) is 46.8 Å². The Hall–Kier alpha value is -3.62. The molecule has 1 aromatic rings. The van der Waals surface area contributed by atoms with Gasteiger partial charge in [-0.15, -0.1) is 6.58 Å². The number of ether oxygens (including phenoxy) is 3. The molecule has 1 aliphatic heterocycles. The molecule has 0 aliphatic carbocycles. The lowest BCUT2D eigenvalue weighted by molar-refractivity contribution is -0.151. The third-order valence-corrected chi connectivity index (χ3v) is 5.52. The van der Waals surface area contributed by atoms with Gasteiger partial charge >= 0.3 is 17.9 Å². The van der Waals surface area contributed by atoms with Crippen molar-refractivity contribution >= 4 is 23.7 Å². The molecular weight excluding hydrogens is 440 g/mol. The summed E-state index contributed by atoms with van der Waals surface area (Å²) in [6, 6.07) is 1.72. The van der Waals surface area contributed by atoms with Gasteiger partial charge < -0.3 is 24.1 Å². The maximum absolute atomic E-state index is 13.2. The number of dihydropyridines is 1.